The first-order chi connectivity index (χ1) is 8.97. The number of rotatable bonds is 3. The van der Waals surface area contributed by atoms with Gasteiger partial charge in [0, 0.05) is 12.0 Å². The van der Waals surface area contributed by atoms with E-state index in [0.717, 1.165) is 11.1 Å². The van der Waals surface area contributed by atoms with Crippen molar-refractivity contribution in [2.24, 2.45) is 0 Å². The Bertz CT molecular complexity index is 635. The van der Waals surface area contributed by atoms with E-state index in [0.29, 0.717) is 12.0 Å². The molecule has 0 aliphatic carbocycles. The van der Waals surface area contributed by atoms with Crippen LogP contribution in [0.15, 0.2) is 36.4 Å². The molecule has 3 heteroatoms. The van der Waals surface area contributed by atoms with Gasteiger partial charge in [0.25, 0.3) is 0 Å². The van der Waals surface area contributed by atoms with Crippen LogP contribution < -0.4 is 0 Å². The molecule has 0 N–H and O–H groups in total. The fourth-order valence-corrected chi connectivity index (χ4v) is 2.05. The smallest absolute Gasteiger partial charge is 0.167 e. The van der Waals surface area contributed by atoms with Crippen LogP contribution in [0.3, 0.4) is 0 Å². The van der Waals surface area contributed by atoms with Crippen molar-refractivity contribution in [3.05, 3.63) is 69.5 Å². The summed E-state index contributed by atoms with van der Waals surface area (Å²) in [5.41, 5.74) is 3.74. The first-order valence-corrected chi connectivity index (χ1v) is 6.39. The second-order valence-electron chi connectivity index (χ2n) is 4.65. The molecule has 0 saturated heterocycles. The summed E-state index contributed by atoms with van der Waals surface area (Å²) >= 11 is 5.68. The lowest BCUT2D eigenvalue weighted by Crippen LogP contribution is -2.04. The molecule has 0 saturated carbocycles. The lowest BCUT2D eigenvalue weighted by atomic mass is 9.99. The summed E-state index contributed by atoms with van der Waals surface area (Å²) in [6, 6.07) is 9.99. The van der Waals surface area contributed by atoms with Crippen molar-refractivity contribution in [3.63, 3.8) is 0 Å². The normalized spacial score (nSPS) is 10.5. The Morgan fingerprint density at radius 2 is 1.84 bits per heavy atom. The van der Waals surface area contributed by atoms with Gasteiger partial charge >= 0.3 is 0 Å². The van der Waals surface area contributed by atoms with Crippen LogP contribution in [-0.4, -0.2) is 5.78 Å². The molecule has 2 aromatic carbocycles. The fraction of sp³-hybridized carbons (Fsp3) is 0.188. The van der Waals surface area contributed by atoms with E-state index in [2.05, 4.69) is 0 Å². The predicted molar refractivity (Wildman–Crippen MR) is 75.4 cm³/mol. The van der Waals surface area contributed by atoms with Crippen LogP contribution in [0.2, 0.25) is 5.02 Å². The Labute approximate surface area is 117 Å². The van der Waals surface area contributed by atoms with Crippen molar-refractivity contribution < 1.29 is 9.18 Å². The maximum atomic E-state index is 13.0. The van der Waals surface area contributed by atoms with E-state index in [1.807, 2.05) is 32.0 Å². The number of aryl methyl sites for hydroxylation is 2. The molecule has 1 nitrogen and oxygen atoms in total. The summed E-state index contributed by atoms with van der Waals surface area (Å²) in [5, 5.41) is -0.0223. The highest BCUT2D eigenvalue weighted by Crippen LogP contribution is 2.18. The second kappa shape index (κ2) is 5.54. The molecule has 98 valence electrons. The molecule has 19 heavy (non-hydrogen) atoms. The molecule has 0 amide bonds. The van der Waals surface area contributed by atoms with Crippen LogP contribution in [0.4, 0.5) is 4.39 Å². The van der Waals surface area contributed by atoms with Gasteiger partial charge in [0.05, 0.1) is 5.02 Å². The highest BCUT2D eigenvalue weighted by molar-refractivity contribution is 6.31. The molecule has 0 aliphatic rings. The SMILES string of the molecule is Cc1ccc(CC(=O)c2ccc(F)c(Cl)c2)cc1C. The first kappa shape index (κ1) is 13.8. The van der Waals surface area contributed by atoms with Gasteiger partial charge < -0.3 is 0 Å². The van der Waals surface area contributed by atoms with Gasteiger partial charge in [-0.15, -0.1) is 0 Å². The maximum absolute atomic E-state index is 13.0. The maximum Gasteiger partial charge on any atom is 0.167 e. The van der Waals surface area contributed by atoms with E-state index >= 15 is 0 Å². The van der Waals surface area contributed by atoms with Crippen molar-refractivity contribution in [2.75, 3.05) is 0 Å². The number of halogens is 2. The largest absolute Gasteiger partial charge is 0.294 e. The van der Waals surface area contributed by atoms with Crippen molar-refractivity contribution >= 4 is 17.4 Å². The van der Waals surface area contributed by atoms with Crippen LogP contribution >= 0.6 is 11.6 Å². The third-order valence-electron chi connectivity index (χ3n) is 3.18. The minimum absolute atomic E-state index is 0.0223. The standard InChI is InChI=1S/C16H14ClFO/c1-10-3-4-12(7-11(10)2)8-16(19)13-5-6-15(18)14(17)9-13/h3-7,9H,8H2,1-2H3. The molecule has 0 aliphatic heterocycles. The Balaban J connectivity index is 2.20. The van der Waals surface area contributed by atoms with E-state index in [4.69, 9.17) is 11.6 Å². The van der Waals surface area contributed by atoms with Crippen molar-refractivity contribution in [1.82, 2.24) is 0 Å². The van der Waals surface area contributed by atoms with Crippen molar-refractivity contribution in [1.29, 1.82) is 0 Å². The second-order valence-corrected chi connectivity index (χ2v) is 5.05. The molecule has 0 unspecified atom stereocenters. The van der Waals surface area contributed by atoms with Crippen LogP contribution in [0.5, 0.6) is 0 Å². The number of hydrogen-bond donors (Lipinski definition) is 0. The molecule has 0 fully saturated rings. The Morgan fingerprint density at radius 3 is 2.47 bits per heavy atom. The molecule has 2 aromatic rings. The first-order valence-electron chi connectivity index (χ1n) is 6.02. The van der Waals surface area contributed by atoms with E-state index in [-0.39, 0.29) is 10.8 Å². The average Bonchev–Trinajstić information content (AvgIpc) is 2.37. The van der Waals surface area contributed by atoms with Crippen LogP contribution in [-0.2, 0) is 6.42 Å². The number of benzene rings is 2. The zero-order valence-electron chi connectivity index (χ0n) is 10.8. The number of carbonyl (C=O) groups is 1. The Hall–Kier alpha value is -1.67. The summed E-state index contributed by atoms with van der Waals surface area (Å²) in [7, 11) is 0. The van der Waals surface area contributed by atoms with Gasteiger partial charge in [0.2, 0.25) is 0 Å². The summed E-state index contributed by atoms with van der Waals surface area (Å²) in [6.45, 7) is 4.04. The summed E-state index contributed by atoms with van der Waals surface area (Å²) in [6.07, 6.45) is 0.295. The lowest BCUT2D eigenvalue weighted by Gasteiger charge is -2.05. The third-order valence-corrected chi connectivity index (χ3v) is 3.47. The number of Topliss-reactive ketones (excluding diaryl/α,β-unsaturated/α-hetero) is 1. The van der Waals surface area contributed by atoms with Crippen LogP contribution in [0, 0.1) is 19.7 Å². The summed E-state index contributed by atoms with van der Waals surface area (Å²) in [4.78, 5) is 12.1. The molecule has 0 spiro atoms. The number of hydrogen-bond acceptors (Lipinski definition) is 1. The van der Waals surface area contributed by atoms with Gasteiger partial charge in [-0.3, -0.25) is 4.79 Å². The van der Waals surface area contributed by atoms with E-state index in [1.165, 1.54) is 23.8 Å². The quantitative estimate of drug-likeness (QED) is 0.753. The van der Waals surface area contributed by atoms with Gasteiger partial charge in [0.1, 0.15) is 5.82 Å². The lowest BCUT2D eigenvalue weighted by molar-refractivity contribution is 0.0993. The molecule has 2 rings (SSSR count). The monoisotopic (exact) mass is 276 g/mol. The highest BCUT2D eigenvalue weighted by Gasteiger charge is 2.10. The predicted octanol–water partition coefficient (Wildman–Crippen LogP) is 4.52. The van der Waals surface area contributed by atoms with E-state index in [1.54, 1.807) is 0 Å². The minimum atomic E-state index is -0.510. The number of carbonyl (C=O) groups excluding carboxylic acids is 1. The van der Waals surface area contributed by atoms with E-state index in [9.17, 15) is 9.18 Å². The molecule has 0 radical (unpaired) electrons. The topological polar surface area (TPSA) is 17.1 Å². The molecule has 0 heterocycles. The Kier molecular flexibility index (Phi) is 4.01. The average molecular weight is 277 g/mol. The molecule has 0 bridgehead atoms. The third kappa shape index (κ3) is 3.21. The zero-order chi connectivity index (χ0) is 14.0. The fourth-order valence-electron chi connectivity index (χ4n) is 1.87. The van der Waals surface area contributed by atoms with Gasteiger partial charge in [-0.05, 0) is 48.7 Å². The van der Waals surface area contributed by atoms with Crippen LogP contribution in [0.25, 0.3) is 0 Å². The van der Waals surface area contributed by atoms with Gasteiger partial charge in [-0.2, -0.15) is 0 Å². The molecule has 0 aromatic heterocycles. The van der Waals surface area contributed by atoms with Gasteiger partial charge in [-0.25, -0.2) is 4.39 Å². The molecule has 0 atom stereocenters. The highest BCUT2D eigenvalue weighted by atomic mass is 35.5. The summed E-state index contributed by atoms with van der Waals surface area (Å²) < 4.78 is 13.0. The summed E-state index contributed by atoms with van der Waals surface area (Å²) in [5.74, 6) is -0.574. The van der Waals surface area contributed by atoms with Gasteiger partial charge in [0.15, 0.2) is 5.78 Å². The van der Waals surface area contributed by atoms with Crippen molar-refractivity contribution in [2.45, 2.75) is 20.3 Å². The molecular weight excluding hydrogens is 263 g/mol. The van der Waals surface area contributed by atoms with Gasteiger partial charge in [-0.1, -0.05) is 29.8 Å². The minimum Gasteiger partial charge on any atom is -0.294 e. The van der Waals surface area contributed by atoms with E-state index < -0.39 is 5.82 Å². The molecular formula is C16H14ClFO. The Morgan fingerprint density at radius 1 is 1.11 bits per heavy atom. The van der Waals surface area contributed by atoms with Crippen LogP contribution in [0.1, 0.15) is 27.0 Å². The number of ketones is 1. The zero-order valence-corrected chi connectivity index (χ0v) is 11.6. The van der Waals surface area contributed by atoms with Crippen molar-refractivity contribution in [3.8, 4) is 0 Å².